The van der Waals surface area contributed by atoms with Crippen LogP contribution in [0.25, 0.3) is 5.69 Å². The molecule has 4 rings (SSSR count). The van der Waals surface area contributed by atoms with E-state index in [1.807, 2.05) is 28.8 Å². The molecule has 2 aliphatic rings. The van der Waals surface area contributed by atoms with E-state index in [1.165, 1.54) is 5.56 Å². The predicted octanol–water partition coefficient (Wildman–Crippen LogP) is 4.08. The fraction of sp³-hybridized carbons (Fsp3) is 0.267. The summed E-state index contributed by atoms with van der Waals surface area (Å²) in [7, 11) is 1.91. The Morgan fingerprint density at radius 2 is 1.90 bits per heavy atom. The second-order valence-corrected chi connectivity index (χ2v) is 7.30. The van der Waals surface area contributed by atoms with Crippen LogP contribution in [0.2, 0.25) is 0 Å². The molecule has 0 unspecified atom stereocenters. The molecule has 0 saturated heterocycles. The standard InChI is InChI=1S/C15H12Br2N2O/c1-18-14(20)13-7-10(17)8-19(13)12-6-9(16)2-3-11(12)15(18)4-5-15/h2-3,6-8H,4-5H2,1H3. The topological polar surface area (TPSA) is 25.2 Å². The summed E-state index contributed by atoms with van der Waals surface area (Å²) in [4.78, 5) is 14.6. The van der Waals surface area contributed by atoms with Crippen LogP contribution in [-0.4, -0.2) is 22.4 Å². The van der Waals surface area contributed by atoms with E-state index in [0.717, 1.165) is 27.5 Å². The summed E-state index contributed by atoms with van der Waals surface area (Å²) in [6.07, 6.45) is 4.04. The van der Waals surface area contributed by atoms with Gasteiger partial charge in [-0.25, -0.2) is 0 Å². The van der Waals surface area contributed by atoms with E-state index < -0.39 is 0 Å². The van der Waals surface area contributed by atoms with Crippen LogP contribution in [-0.2, 0) is 5.54 Å². The van der Waals surface area contributed by atoms with E-state index in [1.54, 1.807) is 0 Å². The number of aromatic nitrogens is 1. The third-order valence-electron chi connectivity index (χ3n) is 4.40. The van der Waals surface area contributed by atoms with E-state index in [0.29, 0.717) is 5.69 Å². The average molecular weight is 396 g/mol. The normalized spacial score (nSPS) is 18.8. The van der Waals surface area contributed by atoms with Crippen molar-refractivity contribution in [1.29, 1.82) is 0 Å². The minimum atomic E-state index is -0.112. The number of carbonyl (C=O) groups is 1. The SMILES string of the molecule is CN1C(=O)c2cc(Br)cn2-c2cc(Br)ccc2C12CC2. The highest BCUT2D eigenvalue weighted by Crippen LogP contribution is 2.54. The van der Waals surface area contributed by atoms with Crippen LogP contribution < -0.4 is 0 Å². The molecule has 1 saturated carbocycles. The largest absolute Gasteiger partial charge is 0.331 e. The number of hydrogen-bond donors (Lipinski definition) is 0. The van der Waals surface area contributed by atoms with E-state index >= 15 is 0 Å². The fourth-order valence-corrected chi connectivity index (χ4v) is 3.93. The average Bonchev–Trinajstić information content (AvgIpc) is 3.14. The highest BCUT2D eigenvalue weighted by atomic mass is 79.9. The highest BCUT2D eigenvalue weighted by Gasteiger charge is 2.53. The molecule has 5 heteroatoms. The summed E-state index contributed by atoms with van der Waals surface area (Å²) in [5.74, 6) is 0.0838. The van der Waals surface area contributed by atoms with Gasteiger partial charge in [-0.2, -0.15) is 0 Å². The Kier molecular flexibility index (Phi) is 2.52. The molecule has 1 spiro atoms. The molecule has 1 aliphatic heterocycles. The van der Waals surface area contributed by atoms with Crippen molar-refractivity contribution < 1.29 is 4.79 Å². The van der Waals surface area contributed by atoms with Gasteiger partial charge in [-0.15, -0.1) is 0 Å². The van der Waals surface area contributed by atoms with Gasteiger partial charge in [0.05, 0.1) is 11.2 Å². The van der Waals surface area contributed by atoms with Gasteiger partial charge in [0, 0.05) is 27.8 Å². The molecular formula is C15H12Br2N2O. The van der Waals surface area contributed by atoms with E-state index in [9.17, 15) is 4.79 Å². The van der Waals surface area contributed by atoms with Crippen molar-refractivity contribution in [3.8, 4) is 5.69 Å². The summed E-state index contributed by atoms with van der Waals surface area (Å²) in [5.41, 5.74) is 2.93. The second-order valence-electron chi connectivity index (χ2n) is 5.47. The summed E-state index contributed by atoms with van der Waals surface area (Å²) in [6.45, 7) is 0. The zero-order chi connectivity index (χ0) is 14.1. The quantitative estimate of drug-likeness (QED) is 0.659. The monoisotopic (exact) mass is 394 g/mol. The summed E-state index contributed by atoms with van der Waals surface area (Å²) in [5, 5.41) is 0. The molecule has 1 amide bonds. The molecule has 0 bridgehead atoms. The number of hydrogen-bond acceptors (Lipinski definition) is 1. The Bertz CT molecular complexity index is 746. The zero-order valence-corrected chi connectivity index (χ0v) is 14.0. The first kappa shape index (κ1) is 12.7. The number of fused-ring (bicyclic) bond motifs is 4. The molecule has 1 aromatic heterocycles. The number of carbonyl (C=O) groups excluding carboxylic acids is 1. The lowest BCUT2D eigenvalue weighted by Gasteiger charge is -2.27. The van der Waals surface area contributed by atoms with Crippen LogP contribution in [0.4, 0.5) is 0 Å². The van der Waals surface area contributed by atoms with Crippen LogP contribution >= 0.6 is 31.9 Å². The second kappa shape index (κ2) is 3.98. The third-order valence-corrected chi connectivity index (χ3v) is 5.32. The first-order chi connectivity index (χ1) is 9.53. The van der Waals surface area contributed by atoms with Gasteiger partial charge in [0.25, 0.3) is 5.91 Å². The van der Waals surface area contributed by atoms with Crippen LogP contribution in [0.15, 0.2) is 39.4 Å². The van der Waals surface area contributed by atoms with E-state index in [2.05, 4.69) is 50.1 Å². The van der Waals surface area contributed by atoms with Crippen molar-refractivity contribution >= 4 is 37.8 Å². The van der Waals surface area contributed by atoms with Gasteiger partial charge in [-0.1, -0.05) is 22.0 Å². The van der Waals surface area contributed by atoms with Crippen LogP contribution in [0, 0.1) is 0 Å². The Morgan fingerprint density at radius 1 is 1.15 bits per heavy atom. The van der Waals surface area contributed by atoms with Gasteiger partial charge in [0.2, 0.25) is 0 Å². The molecule has 1 aliphatic carbocycles. The zero-order valence-electron chi connectivity index (χ0n) is 10.9. The molecule has 1 fully saturated rings. The highest BCUT2D eigenvalue weighted by molar-refractivity contribution is 9.10. The lowest BCUT2D eigenvalue weighted by Crippen LogP contribution is -2.36. The molecule has 3 nitrogen and oxygen atoms in total. The molecule has 0 N–H and O–H groups in total. The summed E-state index contributed by atoms with van der Waals surface area (Å²) in [6, 6.07) is 8.18. The Labute approximate surface area is 133 Å². The van der Waals surface area contributed by atoms with Crippen LogP contribution in [0.5, 0.6) is 0 Å². The molecule has 0 atom stereocenters. The Hall–Kier alpha value is -1.07. The van der Waals surface area contributed by atoms with Crippen molar-refractivity contribution in [1.82, 2.24) is 9.47 Å². The number of amides is 1. The van der Waals surface area contributed by atoms with Crippen LogP contribution in [0.1, 0.15) is 28.9 Å². The number of rotatable bonds is 0. The lowest BCUT2D eigenvalue weighted by molar-refractivity contribution is 0.0705. The molecule has 1 aromatic carbocycles. The third kappa shape index (κ3) is 1.53. The van der Waals surface area contributed by atoms with Gasteiger partial charge in [0.15, 0.2) is 0 Å². The van der Waals surface area contributed by atoms with Crippen molar-refractivity contribution in [3.63, 3.8) is 0 Å². The minimum Gasteiger partial charge on any atom is -0.331 e. The summed E-state index contributed by atoms with van der Waals surface area (Å²) < 4.78 is 3.95. The maximum Gasteiger partial charge on any atom is 0.271 e. The van der Waals surface area contributed by atoms with Crippen molar-refractivity contribution in [2.24, 2.45) is 0 Å². The van der Waals surface area contributed by atoms with Crippen molar-refractivity contribution in [3.05, 3.63) is 50.7 Å². The molecular weight excluding hydrogens is 384 g/mol. The first-order valence-corrected chi connectivity index (χ1v) is 8.08. The number of benzene rings is 1. The maximum atomic E-state index is 12.7. The molecule has 20 heavy (non-hydrogen) atoms. The van der Waals surface area contributed by atoms with Gasteiger partial charge in [-0.3, -0.25) is 4.79 Å². The molecule has 0 radical (unpaired) electrons. The van der Waals surface area contributed by atoms with E-state index in [4.69, 9.17) is 0 Å². The fourth-order valence-electron chi connectivity index (χ4n) is 3.16. The molecule has 2 heterocycles. The summed E-state index contributed by atoms with van der Waals surface area (Å²) >= 11 is 7.02. The van der Waals surface area contributed by atoms with Crippen molar-refractivity contribution in [2.75, 3.05) is 7.05 Å². The van der Waals surface area contributed by atoms with Crippen LogP contribution in [0.3, 0.4) is 0 Å². The van der Waals surface area contributed by atoms with Gasteiger partial charge >= 0.3 is 0 Å². The van der Waals surface area contributed by atoms with E-state index in [-0.39, 0.29) is 11.4 Å². The number of nitrogens with zero attached hydrogens (tertiary/aromatic N) is 2. The molecule has 102 valence electrons. The molecule has 2 aromatic rings. The van der Waals surface area contributed by atoms with Gasteiger partial charge in [0.1, 0.15) is 5.69 Å². The first-order valence-electron chi connectivity index (χ1n) is 6.49. The van der Waals surface area contributed by atoms with Crippen molar-refractivity contribution in [2.45, 2.75) is 18.4 Å². The number of halogens is 2. The smallest absolute Gasteiger partial charge is 0.271 e. The Balaban J connectivity index is 2.09. The lowest BCUT2D eigenvalue weighted by atomic mass is 10.0. The minimum absolute atomic E-state index is 0.0838. The van der Waals surface area contributed by atoms with Gasteiger partial charge < -0.3 is 9.47 Å². The van der Waals surface area contributed by atoms with Gasteiger partial charge in [-0.05, 0) is 47.0 Å². The maximum absolute atomic E-state index is 12.7. The predicted molar refractivity (Wildman–Crippen MR) is 84.2 cm³/mol. The Morgan fingerprint density at radius 3 is 2.60 bits per heavy atom.